The van der Waals surface area contributed by atoms with Gasteiger partial charge in [-0.25, -0.2) is 14.8 Å². The first kappa shape index (κ1) is 19.9. The molecule has 3 heterocycles. The predicted octanol–water partition coefficient (Wildman–Crippen LogP) is 5.32. The number of amides is 1. The molecular weight excluding hydrogens is 408 g/mol. The van der Waals surface area contributed by atoms with Crippen molar-refractivity contribution in [1.29, 1.82) is 0 Å². The van der Waals surface area contributed by atoms with Crippen LogP contribution >= 0.6 is 12.6 Å². The first-order valence-electron chi connectivity index (χ1n) is 10.6. The van der Waals surface area contributed by atoms with E-state index >= 15 is 0 Å². The van der Waals surface area contributed by atoms with Gasteiger partial charge in [-0.2, -0.15) is 0 Å². The summed E-state index contributed by atoms with van der Waals surface area (Å²) in [6, 6.07) is 18.3. The highest BCUT2D eigenvalue weighted by atomic mass is 32.1. The number of para-hydroxylation sites is 1. The smallest absolute Gasteiger partial charge is 0.407 e. The number of aromatic nitrogens is 3. The summed E-state index contributed by atoms with van der Waals surface area (Å²) in [5.41, 5.74) is 3.87. The SMILES string of the molecule is O=C(O)N1CCC(CCn2c(-c3ccccc3)nc3c(S)nc4ccccc4c32)CC1. The molecule has 0 aliphatic carbocycles. The van der Waals surface area contributed by atoms with Crippen LogP contribution in [-0.2, 0) is 6.54 Å². The number of hydrogen-bond acceptors (Lipinski definition) is 4. The van der Waals surface area contributed by atoms with E-state index in [2.05, 4.69) is 40.4 Å². The molecule has 0 saturated carbocycles. The number of carboxylic acid groups (broad SMARTS) is 1. The maximum Gasteiger partial charge on any atom is 0.407 e. The molecule has 1 fully saturated rings. The Hall–Kier alpha value is -3.06. The van der Waals surface area contributed by atoms with E-state index in [1.165, 1.54) is 4.90 Å². The van der Waals surface area contributed by atoms with Gasteiger partial charge < -0.3 is 14.6 Å². The molecule has 0 atom stereocenters. The number of thiol groups is 1. The molecule has 5 rings (SSSR count). The van der Waals surface area contributed by atoms with Crippen molar-refractivity contribution in [1.82, 2.24) is 19.4 Å². The molecule has 6 nitrogen and oxygen atoms in total. The molecule has 2 aromatic carbocycles. The van der Waals surface area contributed by atoms with Crippen LogP contribution in [0.2, 0.25) is 0 Å². The average molecular weight is 433 g/mol. The first-order valence-corrected chi connectivity index (χ1v) is 11.1. The van der Waals surface area contributed by atoms with Crippen molar-refractivity contribution in [2.24, 2.45) is 5.92 Å². The van der Waals surface area contributed by atoms with Gasteiger partial charge in [0, 0.05) is 30.6 Å². The van der Waals surface area contributed by atoms with Crippen LogP contribution in [0, 0.1) is 5.92 Å². The summed E-state index contributed by atoms with van der Waals surface area (Å²) in [7, 11) is 0. The molecule has 158 valence electrons. The van der Waals surface area contributed by atoms with Gasteiger partial charge in [0.25, 0.3) is 0 Å². The minimum absolute atomic E-state index is 0.500. The summed E-state index contributed by atoms with van der Waals surface area (Å²) in [4.78, 5) is 22.4. The van der Waals surface area contributed by atoms with E-state index in [9.17, 15) is 9.90 Å². The fraction of sp³-hybridized carbons (Fsp3) is 0.292. The molecule has 0 spiro atoms. The fourth-order valence-electron chi connectivity index (χ4n) is 4.57. The summed E-state index contributed by atoms with van der Waals surface area (Å²) in [5, 5.41) is 10.9. The summed E-state index contributed by atoms with van der Waals surface area (Å²) in [6.45, 7) is 2.05. The van der Waals surface area contributed by atoms with E-state index in [0.29, 0.717) is 24.0 Å². The Morgan fingerprint density at radius 1 is 1.03 bits per heavy atom. The van der Waals surface area contributed by atoms with E-state index in [0.717, 1.165) is 59.1 Å². The highest BCUT2D eigenvalue weighted by molar-refractivity contribution is 7.80. The topological polar surface area (TPSA) is 71.2 Å². The Morgan fingerprint density at radius 2 is 1.74 bits per heavy atom. The normalized spacial score (nSPS) is 15.1. The molecule has 1 N–H and O–H groups in total. The van der Waals surface area contributed by atoms with Crippen LogP contribution in [0.5, 0.6) is 0 Å². The van der Waals surface area contributed by atoms with Crippen LogP contribution in [0.25, 0.3) is 33.3 Å². The number of rotatable bonds is 4. The van der Waals surface area contributed by atoms with Crippen LogP contribution in [0.15, 0.2) is 59.6 Å². The third-order valence-corrected chi connectivity index (χ3v) is 6.55. The molecule has 1 saturated heterocycles. The number of pyridine rings is 1. The molecule has 1 aliphatic rings. The summed E-state index contributed by atoms with van der Waals surface area (Å²) in [6.07, 6.45) is 1.97. The van der Waals surface area contributed by atoms with Gasteiger partial charge in [-0.15, -0.1) is 12.6 Å². The number of hydrogen-bond donors (Lipinski definition) is 2. The van der Waals surface area contributed by atoms with E-state index in [4.69, 9.17) is 4.98 Å². The number of carbonyl (C=O) groups is 1. The maximum atomic E-state index is 11.2. The minimum atomic E-state index is -0.814. The highest BCUT2D eigenvalue weighted by Crippen LogP contribution is 2.34. The summed E-state index contributed by atoms with van der Waals surface area (Å²) < 4.78 is 2.30. The van der Waals surface area contributed by atoms with E-state index in [1.54, 1.807) is 0 Å². The van der Waals surface area contributed by atoms with Gasteiger partial charge in [0.05, 0.1) is 11.0 Å². The van der Waals surface area contributed by atoms with Gasteiger partial charge in [-0.1, -0.05) is 48.5 Å². The van der Waals surface area contributed by atoms with E-state index < -0.39 is 6.09 Å². The third kappa shape index (κ3) is 3.74. The Bertz CT molecular complexity index is 1250. The lowest BCUT2D eigenvalue weighted by atomic mass is 9.93. The largest absolute Gasteiger partial charge is 0.465 e. The first-order chi connectivity index (χ1) is 15.1. The van der Waals surface area contributed by atoms with Crippen molar-refractivity contribution in [3.63, 3.8) is 0 Å². The van der Waals surface area contributed by atoms with Crippen LogP contribution in [0.4, 0.5) is 4.79 Å². The van der Waals surface area contributed by atoms with Crippen molar-refractivity contribution in [2.75, 3.05) is 13.1 Å². The monoisotopic (exact) mass is 432 g/mol. The number of likely N-dealkylation sites (tertiary alicyclic amines) is 1. The Balaban J connectivity index is 1.56. The van der Waals surface area contributed by atoms with Crippen molar-refractivity contribution in [3.05, 3.63) is 54.6 Å². The van der Waals surface area contributed by atoms with Crippen molar-refractivity contribution in [3.8, 4) is 11.4 Å². The predicted molar refractivity (Wildman–Crippen MR) is 125 cm³/mol. The van der Waals surface area contributed by atoms with Gasteiger partial charge >= 0.3 is 6.09 Å². The van der Waals surface area contributed by atoms with Crippen LogP contribution in [0.1, 0.15) is 19.3 Å². The second-order valence-electron chi connectivity index (χ2n) is 8.10. The van der Waals surface area contributed by atoms with Crippen LogP contribution in [0.3, 0.4) is 0 Å². The van der Waals surface area contributed by atoms with E-state index in [1.807, 2.05) is 36.4 Å². The lowest BCUT2D eigenvalue weighted by molar-refractivity contribution is 0.122. The molecule has 0 radical (unpaired) electrons. The number of nitrogens with zero attached hydrogens (tertiary/aromatic N) is 4. The Labute approximate surface area is 185 Å². The highest BCUT2D eigenvalue weighted by Gasteiger charge is 2.24. The van der Waals surface area contributed by atoms with Gasteiger partial charge in [-0.05, 0) is 31.2 Å². The molecule has 2 aromatic heterocycles. The molecule has 1 amide bonds. The van der Waals surface area contributed by atoms with Crippen molar-refractivity contribution >= 4 is 40.7 Å². The second kappa shape index (κ2) is 8.23. The van der Waals surface area contributed by atoms with Gasteiger partial charge in [0.15, 0.2) is 0 Å². The maximum absolute atomic E-state index is 11.2. The molecule has 0 unspecified atom stereocenters. The summed E-state index contributed by atoms with van der Waals surface area (Å²) in [5.74, 6) is 1.42. The number of benzene rings is 2. The van der Waals surface area contributed by atoms with E-state index in [-0.39, 0.29) is 0 Å². The second-order valence-corrected chi connectivity index (χ2v) is 8.53. The fourth-order valence-corrected chi connectivity index (χ4v) is 4.83. The molecule has 4 aromatic rings. The zero-order chi connectivity index (χ0) is 21.4. The lowest BCUT2D eigenvalue weighted by Gasteiger charge is -2.30. The van der Waals surface area contributed by atoms with Crippen molar-refractivity contribution < 1.29 is 9.90 Å². The Kier molecular flexibility index (Phi) is 5.28. The molecule has 0 bridgehead atoms. The number of fused-ring (bicyclic) bond motifs is 3. The summed E-state index contributed by atoms with van der Waals surface area (Å²) >= 11 is 4.65. The zero-order valence-electron chi connectivity index (χ0n) is 17.1. The molecule has 1 aliphatic heterocycles. The molecule has 7 heteroatoms. The number of aryl methyl sites for hydroxylation is 1. The molecule has 31 heavy (non-hydrogen) atoms. The molecular formula is C24H24N4O2S. The average Bonchev–Trinajstić information content (AvgIpc) is 3.19. The van der Waals surface area contributed by atoms with Gasteiger partial charge in [-0.3, -0.25) is 0 Å². The lowest BCUT2D eigenvalue weighted by Crippen LogP contribution is -2.37. The standard InChI is InChI=1S/C24H24N4O2S/c29-24(30)27-13-10-16(11-14-27)12-15-28-21-18-8-4-5-9-19(18)25-23(31)20(21)26-22(28)17-6-2-1-3-7-17/h1-9,16H,10-15H2,(H,25,31)(H,29,30). The zero-order valence-corrected chi connectivity index (χ0v) is 18.0. The third-order valence-electron chi connectivity index (χ3n) is 6.24. The van der Waals surface area contributed by atoms with Crippen LogP contribution < -0.4 is 0 Å². The van der Waals surface area contributed by atoms with Crippen LogP contribution in [-0.4, -0.2) is 43.7 Å². The quantitative estimate of drug-likeness (QED) is 0.428. The van der Waals surface area contributed by atoms with Gasteiger partial charge in [0.2, 0.25) is 0 Å². The number of piperidine rings is 1. The van der Waals surface area contributed by atoms with Crippen molar-refractivity contribution in [2.45, 2.75) is 30.8 Å². The van der Waals surface area contributed by atoms with Gasteiger partial charge in [0.1, 0.15) is 16.4 Å². The number of imidazole rings is 1. The Morgan fingerprint density at radius 3 is 2.48 bits per heavy atom. The minimum Gasteiger partial charge on any atom is -0.465 e.